The molecular weight excluding hydrogens is 618 g/mol. The molecule has 2 aliphatic heterocycles. The van der Waals surface area contributed by atoms with Gasteiger partial charge >= 0.3 is 0 Å². The molecule has 0 radical (unpaired) electrons. The van der Waals surface area contributed by atoms with E-state index in [0.717, 1.165) is 11.4 Å². The number of hydrogen-bond donors (Lipinski definition) is 2. The first-order chi connectivity index (χ1) is 23.1. The Labute approximate surface area is 277 Å². The number of piperazine rings is 2. The van der Waals surface area contributed by atoms with E-state index in [0.29, 0.717) is 88.0 Å². The summed E-state index contributed by atoms with van der Waals surface area (Å²) in [5.74, 6) is -2.24. The Bertz CT molecular complexity index is 1600. The predicted octanol–water partition coefficient (Wildman–Crippen LogP) is 3.38. The molecule has 6 rings (SSSR count). The van der Waals surface area contributed by atoms with E-state index in [1.54, 1.807) is 46.2 Å². The molecule has 0 aliphatic carbocycles. The zero-order valence-corrected chi connectivity index (χ0v) is 27.2. The number of ketones is 1. The van der Waals surface area contributed by atoms with Crippen LogP contribution in [-0.2, 0) is 4.79 Å². The Morgan fingerprint density at radius 3 is 1.29 bits per heavy atom. The minimum Gasteiger partial charge on any atom is -0.335 e. The molecule has 4 aromatic rings. The highest BCUT2D eigenvalue weighted by molar-refractivity contribution is 5.93. The summed E-state index contributed by atoms with van der Waals surface area (Å²) in [6, 6.07) is 15.5. The van der Waals surface area contributed by atoms with Gasteiger partial charge in [-0.2, -0.15) is 10.2 Å². The maximum absolute atomic E-state index is 14.7. The number of halogens is 2. The molecule has 2 aromatic heterocycles. The number of aromatic nitrogens is 4. The Morgan fingerprint density at radius 1 is 0.625 bits per heavy atom. The van der Waals surface area contributed by atoms with Crippen LogP contribution in [0, 0.1) is 25.5 Å². The number of H-pyrrole nitrogens is 2. The van der Waals surface area contributed by atoms with Gasteiger partial charge < -0.3 is 9.80 Å². The number of carbonyl (C=O) groups excluding carboxylic acids is 3. The molecular formula is C35H40F2N8O3. The number of aromatic amines is 2. The second kappa shape index (κ2) is 14.6. The molecule has 2 unspecified atom stereocenters. The van der Waals surface area contributed by atoms with Gasteiger partial charge in [0.2, 0.25) is 0 Å². The lowest BCUT2D eigenvalue weighted by atomic mass is 9.82. The van der Waals surface area contributed by atoms with E-state index in [1.165, 1.54) is 24.3 Å². The Hall–Kier alpha value is -4.75. The fraction of sp³-hybridized carbons (Fsp3) is 0.400. The Morgan fingerprint density at radius 2 is 0.979 bits per heavy atom. The van der Waals surface area contributed by atoms with Crippen LogP contribution in [0.2, 0.25) is 0 Å². The van der Waals surface area contributed by atoms with E-state index < -0.39 is 11.8 Å². The number of nitrogens with zero attached hydrogens (tertiary/aromatic N) is 6. The number of aryl methyl sites for hydroxylation is 2. The van der Waals surface area contributed by atoms with Gasteiger partial charge in [0, 0.05) is 65.4 Å². The molecule has 0 bridgehead atoms. The lowest BCUT2D eigenvalue weighted by Crippen LogP contribution is -2.51. The highest BCUT2D eigenvalue weighted by Crippen LogP contribution is 2.30. The number of rotatable bonds is 10. The molecule has 2 N–H and O–H groups in total. The number of nitrogens with one attached hydrogen (secondary N) is 2. The molecule has 2 fully saturated rings. The summed E-state index contributed by atoms with van der Waals surface area (Å²) in [4.78, 5) is 48.5. The van der Waals surface area contributed by atoms with Crippen molar-refractivity contribution in [3.05, 3.63) is 106 Å². The highest BCUT2D eigenvalue weighted by Gasteiger charge is 2.35. The van der Waals surface area contributed by atoms with Crippen molar-refractivity contribution < 1.29 is 23.2 Å². The minimum atomic E-state index is -0.593. The zero-order chi connectivity index (χ0) is 33.8. The normalized spacial score (nSPS) is 17.3. The molecule has 4 heterocycles. The van der Waals surface area contributed by atoms with Gasteiger partial charge in [-0.25, -0.2) is 8.78 Å². The Balaban J connectivity index is 1.18. The third kappa shape index (κ3) is 7.69. The van der Waals surface area contributed by atoms with Crippen molar-refractivity contribution >= 4 is 17.6 Å². The van der Waals surface area contributed by atoms with Gasteiger partial charge in [-0.05, 0) is 61.4 Å². The third-order valence-corrected chi connectivity index (χ3v) is 9.30. The van der Waals surface area contributed by atoms with Crippen molar-refractivity contribution in [1.29, 1.82) is 0 Å². The van der Waals surface area contributed by atoms with E-state index >= 15 is 0 Å². The second-order valence-corrected chi connectivity index (χ2v) is 12.6. The van der Waals surface area contributed by atoms with Gasteiger partial charge in [0.05, 0.1) is 23.2 Å². The molecule has 2 aromatic carbocycles. The fourth-order valence-corrected chi connectivity index (χ4v) is 6.54. The zero-order valence-electron chi connectivity index (χ0n) is 27.2. The van der Waals surface area contributed by atoms with Crippen LogP contribution in [0.3, 0.4) is 0 Å². The summed E-state index contributed by atoms with van der Waals surface area (Å²) in [6.45, 7) is 8.64. The number of hydrogen-bond acceptors (Lipinski definition) is 7. The first-order valence-electron chi connectivity index (χ1n) is 16.3. The van der Waals surface area contributed by atoms with Gasteiger partial charge in [0.1, 0.15) is 28.8 Å². The van der Waals surface area contributed by atoms with Crippen LogP contribution < -0.4 is 0 Å². The van der Waals surface area contributed by atoms with Gasteiger partial charge in [0.15, 0.2) is 0 Å². The SMILES string of the molecule is Cc1cc(C(=O)N2CCN(CC(C(=O)C(CN3CCN(C(=O)c4cc(C)n[nH]4)CC3)c3ccc(F)cc3)c3ccc(F)cc3)CC2)[nH]n1. The van der Waals surface area contributed by atoms with Gasteiger partial charge in [-0.15, -0.1) is 0 Å². The summed E-state index contributed by atoms with van der Waals surface area (Å²) in [5, 5.41) is 13.7. The quantitative estimate of drug-likeness (QED) is 0.268. The van der Waals surface area contributed by atoms with Gasteiger partial charge in [-0.1, -0.05) is 24.3 Å². The molecule has 2 atom stereocenters. The summed E-state index contributed by atoms with van der Waals surface area (Å²) in [6.07, 6.45) is 0. The highest BCUT2D eigenvalue weighted by atomic mass is 19.1. The summed E-state index contributed by atoms with van der Waals surface area (Å²) < 4.78 is 28.0. The van der Waals surface area contributed by atoms with Crippen LogP contribution in [0.4, 0.5) is 8.78 Å². The van der Waals surface area contributed by atoms with E-state index in [1.807, 2.05) is 13.8 Å². The van der Waals surface area contributed by atoms with E-state index in [4.69, 9.17) is 0 Å². The van der Waals surface area contributed by atoms with E-state index in [9.17, 15) is 23.2 Å². The first-order valence-corrected chi connectivity index (χ1v) is 16.3. The maximum Gasteiger partial charge on any atom is 0.271 e. The van der Waals surface area contributed by atoms with Crippen LogP contribution in [0.25, 0.3) is 0 Å². The van der Waals surface area contributed by atoms with Crippen LogP contribution in [0.1, 0.15) is 55.3 Å². The van der Waals surface area contributed by atoms with Crippen LogP contribution in [-0.4, -0.2) is 123 Å². The van der Waals surface area contributed by atoms with Gasteiger partial charge in [-0.3, -0.25) is 34.4 Å². The van der Waals surface area contributed by atoms with E-state index in [-0.39, 0.29) is 29.2 Å². The van der Waals surface area contributed by atoms with Crippen LogP contribution in [0.15, 0.2) is 60.7 Å². The number of amides is 2. The van der Waals surface area contributed by atoms with Gasteiger partial charge in [0.25, 0.3) is 11.8 Å². The monoisotopic (exact) mass is 658 g/mol. The number of Topliss-reactive ketones (excluding diaryl/α,β-unsaturated/α-hetero) is 1. The maximum atomic E-state index is 14.7. The van der Waals surface area contributed by atoms with Crippen LogP contribution >= 0.6 is 0 Å². The summed E-state index contributed by atoms with van der Waals surface area (Å²) in [7, 11) is 0. The number of benzene rings is 2. The topological polar surface area (TPSA) is 122 Å². The molecule has 13 heteroatoms. The molecule has 11 nitrogen and oxygen atoms in total. The minimum absolute atomic E-state index is 0.0499. The predicted molar refractivity (Wildman–Crippen MR) is 175 cm³/mol. The van der Waals surface area contributed by atoms with Crippen molar-refractivity contribution in [2.24, 2.45) is 0 Å². The molecule has 0 spiro atoms. The molecule has 0 saturated carbocycles. The second-order valence-electron chi connectivity index (χ2n) is 12.6. The molecule has 2 aliphatic rings. The lowest BCUT2D eigenvalue weighted by molar-refractivity contribution is -0.123. The Kier molecular flexibility index (Phi) is 10.1. The van der Waals surface area contributed by atoms with Crippen molar-refractivity contribution in [3.8, 4) is 0 Å². The first kappa shape index (κ1) is 33.2. The molecule has 2 amide bonds. The molecule has 2 saturated heterocycles. The average molecular weight is 659 g/mol. The van der Waals surface area contributed by atoms with Crippen LogP contribution in [0.5, 0.6) is 0 Å². The average Bonchev–Trinajstić information content (AvgIpc) is 3.74. The number of carbonyl (C=O) groups is 3. The largest absolute Gasteiger partial charge is 0.335 e. The lowest BCUT2D eigenvalue weighted by Gasteiger charge is -2.38. The third-order valence-electron chi connectivity index (χ3n) is 9.30. The molecule has 48 heavy (non-hydrogen) atoms. The molecule has 252 valence electrons. The van der Waals surface area contributed by atoms with Crippen molar-refractivity contribution in [3.63, 3.8) is 0 Å². The van der Waals surface area contributed by atoms with Crippen molar-refractivity contribution in [2.45, 2.75) is 25.7 Å². The van der Waals surface area contributed by atoms with Crippen molar-refractivity contribution in [1.82, 2.24) is 40.0 Å². The van der Waals surface area contributed by atoms with E-state index in [2.05, 4.69) is 30.2 Å². The van der Waals surface area contributed by atoms with Crippen molar-refractivity contribution in [2.75, 3.05) is 65.4 Å². The smallest absolute Gasteiger partial charge is 0.271 e. The summed E-state index contributed by atoms with van der Waals surface area (Å²) >= 11 is 0. The fourth-order valence-electron chi connectivity index (χ4n) is 6.54. The standard InChI is InChI=1S/C35H40F2N8O3/c1-23-19-31(40-38-23)34(47)44-15-11-42(12-16-44)21-29(25-3-7-27(36)8-4-25)33(46)30(26-5-9-28(37)10-6-26)22-43-13-17-45(18-14-43)35(48)32-20-24(2)39-41-32/h3-10,19-20,29-30H,11-18,21-22H2,1-2H3,(H,38,40)(H,39,41). The summed E-state index contributed by atoms with van der Waals surface area (Å²) in [5.41, 5.74) is 3.78.